The summed E-state index contributed by atoms with van der Waals surface area (Å²) < 4.78 is 0. The Balaban J connectivity index is 2.31. The summed E-state index contributed by atoms with van der Waals surface area (Å²) >= 11 is 0. The zero-order chi connectivity index (χ0) is 9.97. The molecular weight excluding hydrogens is 178 g/mol. The first kappa shape index (κ1) is 9.49. The first-order valence-corrected chi connectivity index (χ1v) is 4.97. The van der Waals surface area contributed by atoms with Crippen LogP contribution >= 0.6 is 0 Å². The SMILES string of the molecule is OCc1cc(O)ccc1[C@H]1CCCN1. The van der Waals surface area contributed by atoms with Gasteiger partial charge in [-0.2, -0.15) is 0 Å². The average molecular weight is 193 g/mol. The van der Waals surface area contributed by atoms with E-state index in [0.717, 1.165) is 24.1 Å². The van der Waals surface area contributed by atoms with Crippen LogP contribution < -0.4 is 5.32 Å². The third kappa shape index (κ3) is 1.74. The molecule has 1 heterocycles. The van der Waals surface area contributed by atoms with Gasteiger partial charge in [-0.15, -0.1) is 0 Å². The highest BCUT2D eigenvalue weighted by Gasteiger charge is 2.18. The normalized spacial score (nSPS) is 21.4. The van der Waals surface area contributed by atoms with Crippen molar-refractivity contribution in [2.75, 3.05) is 6.54 Å². The van der Waals surface area contributed by atoms with E-state index in [2.05, 4.69) is 5.32 Å². The van der Waals surface area contributed by atoms with Gasteiger partial charge in [-0.3, -0.25) is 0 Å². The summed E-state index contributed by atoms with van der Waals surface area (Å²) in [6.45, 7) is 1.03. The van der Waals surface area contributed by atoms with Gasteiger partial charge in [0.05, 0.1) is 6.61 Å². The van der Waals surface area contributed by atoms with Crippen LogP contribution in [-0.2, 0) is 6.61 Å². The summed E-state index contributed by atoms with van der Waals surface area (Å²) in [5, 5.41) is 21.8. The zero-order valence-corrected chi connectivity index (χ0v) is 8.03. The van der Waals surface area contributed by atoms with Gasteiger partial charge in [0.25, 0.3) is 0 Å². The topological polar surface area (TPSA) is 52.5 Å². The monoisotopic (exact) mass is 193 g/mol. The molecule has 0 spiro atoms. The lowest BCUT2D eigenvalue weighted by Crippen LogP contribution is -2.14. The molecule has 1 saturated heterocycles. The molecule has 1 atom stereocenters. The number of aliphatic hydroxyl groups is 1. The third-order valence-electron chi connectivity index (χ3n) is 2.73. The number of hydrogen-bond donors (Lipinski definition) is 3. The van der Waals surface area contributed by atoms with Crippen molar-refractivity contribution in [3.8, 4) is 5.75 Å². The molecule has 0 saturated carbocycles. The molecule has 0 amide bonds. The molecule has 0 radical (unpaired) electrons. The molecule has 14 heavy (non-hydrogen) atoms. The van der Waals surface area contributed by atoms with E-state index in [-0.39, 0.29) is 12.4 Å². The minimum atomic E-state index is -0.0120. The summed E-state index contributed by atoms with van der Waals surface area (Å²) in [6.07, 6.45) is 2.29. The number of rotatable bonds is 2. The van der Waals surface area contributed by atoms with Crippen LogP contribution in [0.5, 0.6) is 5.75 Å². The Morgan fingerprint density at radius 1 is 1.43 bits per heavy atom. The lowest BCUT2D eigenvalue weighted by molar-refractivity contribution is 0.279. The highest BCUT2D eigenvalue weighted by Crippen LogP contribution is 2.28. The van der Waals surface area contributed by atoms with Crippen LogP contribution in [0, 0.1) is 0 Å². The van der Waals surface area contributed by atoms with Gasteiger partial charge in [-0.05, 0) is 42.6 Å². The molecule has 0 unspecified atom stereocenters. The van der Waals surface area contributed by atoms with Crippen molar-refractivity contribution in [2.45, 2.75) is 25.5 Å². The first-order valence-electron chi connectivity index (χ1n) is 4.97. The zero-order valence-electron chi connectivity index (χ0n) is 8.03. The van der Waals surface area contributed by atoms with E-state index < -0.39 is 0 Å². The second-order valence-electron chi connectivity index (χ2n) is 3.69. The minimum Gasteiger partial charge on any atom is -0.508 e. The summed E-state index contributed by atoms with van der Waals surface area (Å²) in [4.78, 5) is 0. The van der Waals surface area contributed by atoms with Crippen LogP contribution in [-0.4, -0.2) is 16.8 Å². The molecule has 1 aliphatic heterocycles. The van der Waals surface area contributed by atoms with Gasteiger partial charge < -0.3 is 15.5 Å². The second kappa shape index (κ2) is 3.98. The summed E-state index contributed by atoms with van der Waals surface area (Å²) in [6, 6.07) is 5.55. The van der Waals surface area contributed by atoms with Gasteiger partial charge in [0, 0.05) is 6.04 Å². The van der Waals surface area contributed by atoms with Crippen molar-refractivity contribution >= 4 is 0 Å². The number of aliphatic hydroxyl groups excluding tert-OH is 1. The lowest BCUT2D eigenvalue weighted by atomic mass is 9.99. The molecule has 3 heteroatoms. The van der Waals surface area contributed by atoms with Crippen LogP contribution in [0.3, 0.4) is 0 Å². The van der Waals surface area contributed by atoms with Crippen molar-refractivity contribution in [1.82, 2.24) is 5.32 Å². The smallest absolute Gasteiger partial charge is 0.115 e. The number of aromatic hydroxyl groups is 1. The molecule has 0 bridgehead atoms. The molecule has 3 N–H and O–H groups in total. The van der Waals surface area contributed by atoms with Crippen molar-refractivity contribution in [3.05, 3.63) is 29.3 Å². The molecule has 0 aliphatic carbocycles. The Bertz CT molecular complexity index is 319. The second-order valence-corrected chi connectivity index (χ2v) is 3.69. The van der Waals surface area contributed by atoms with E-state index in [4.69, 9.17) is 5.11 Å². The molecule has 1 aromatic rings. The Hall–Kier alpha value is -1.06. The van der Waals surface area contributed by atoms with Crippen LogP contribution in [0.1, 0.15) is 30.0 Å². The predicted molar refractivity (Wildman–Crippen MR) is 54.0 cm³/mol. The Labute approximate surface area is 83.4 Å². The van der Waals surface area contributed by atoms with Crippen molar-refractivity contribution in [3.63, 3.8) is 0 Å². The summed E-state index contributed by atoms with van der Waals surface area (Å²) in [5.41, 5.74) is 1.94. The maximum atomic E-state index is 9.28. The number of hydrogen-bond acceptors (Lipinski definition) is 3. The maximum Gasteiger partial charge on any atom is 0.115 e. The fourth-order valence-electron chi connectivity index (χ4n) is 2.02. The number of benzene rings is 1. The van der Waals surface area contributed by atoms with Gasteiger partial charge in [0.15, 0.2) is 0 Å². The Morgan fingerprint density at radius 2 is 2.29 bits per heavy atom. The van der Waals surface area contributed by atoms with E-state index >= 15 is 0 Å². The fourth-order valence-corrected chi connectivity index (χ4v) is 2.02. The van der Waals surface area contributed by atoms with Gasteiger partial charge in [0.1, 0.15) is 5.75 Å². The Morgan fingerprint density at radius 3 is 2.93 bits per heavy atom. The largest absolute Gasteiger partial charge is 0.508 e. The molecule has 3 nitrogen and oxygen atoms in total. The van der Waals surface area contributed by atoms with Crippen molar-refractivity contribution < 1.29 is 10.2 Å². The van der Waals surface area contributed by atoms with Gasteiger partial charge >= 0.3 is 0 Å². The molecule has 1 fully saturated rings. The summed E-state index contributed by atoms with van der Waals surface area (Å²) in [5.74, 6) is 0.218. The molecule has 2 rings (SSSR count). The van der Waals surface area contributed by atoms with Crippen LogP contribution in [0.4, 0.5) is 0 Å². The van der Waals surface area contributed by atoms with Crippen LogP contribution in [0.25, 0.3) is 0 Å². The predicted octanol–water partition coefficient (Wildman–Crippen LogP) is 1.31. The molecule has 76 valence electrons. The standard InChI is InChI=1S/C11H15NO2/c13-7-8-6-9(14)3-4-10(8)11-2-1-5-12-11/h3-4,6,11-14H,1-2,5,7H2/t11-/m1/s1. The quantitative estimate of drug-likeness (QED) is 0.663. The molecule has 0 aromatic heterocycles. The van der Waals surface area contributed by atoms with Gasteiger partial charge in [0.2, 0.25) is 0 Å². The lowest BCUT2D eigenvalue weighted by Gasteiger charge is -2.14. The highest BCUT2D eigenvalue weighted by atomic mass is 16.3. The minimum absolute atomic E-state index is 0.0120. The molecular formula is C11H15NO2. The van der Waals surface area contributed by atoms with Gasteiger partial charge in [-0.1, -0.05) is 6.07 Å². The molecule has 1 aliphatic rings. The fraction of sp³-hybridized carbons (Fsp3) is 0.455. The third-order valence-corrected chi connectivity index (χ3v) is 2.73. The van der Waals surface area contributed by atoms with E-state index in [0.29, 0.717) is 6.04 Å². The summed E-state index contributed by atoms with van der Waals surface area (Å²) in [7, 11) is 0. The Kier molecular flexibility index (Phi) is 2.70. The van der Waals surface area contributed by atoms with Crippen LogP contribution in [0.15, 0.2) is 18.2 Å². The van der Waals surface area contributed by atoms with E-state index in [9.17, 15) is 5.11 Å². The van der Waals surface area contributed by atoms with E-state index in [1.165, 1.54) is 6.42 Å². The van der Waals surface area contributed by atoms with E-state index in [1.807, 2.05) is 6.07 Å². The van der Waals surface area contributed by atoms with E-state index in [1.54, 1.807) is 12.1 Å². The van der Waals surface area contributed by atoms with Crippen molar-refractivity contribution in [1.29, 1.82) is 0 Å². The molecule has 1 aromatic carbocycles. The number of phenolic OH excluding ortho intramolecular Hbond substituents is 1. The van der Waals surface area contributed by atoms with Gasteiger partial charge in [-0.25, -0.2) is 0 Å². The number of nitrogens with one attached hydrogen (secondary N) is 1. The van der Waals surface area contributed by atoms with Crippen molar-refractivity contribution in [2.24, 2.45) is 0 Å². The maximum absolute atomic E-state index is 9.28. The first-order chi connectivity index (χ1) is 6.81. The highest BCUT2D eigenvalue weighted by molar-refractivity contribution is 5.36. The van der Waals surface area contributed by atoms with Crippen LogP contribution in [0.2, 0.25) is 0 Å². The number of phenols is 1. The average Bonchev–Trinajstić information content (AvgIpc) is 2.70.